The number of carbonyl (C=O) groups excluding carboxylic acids is 1. The molecule has 0 radical (unpaired) electrons. The smallest absolute Gasteiger partial charge is 0.231 e. The van der Waals surface area contributed by atoms with E-state index in [1.165, 1.54) is 12.8 Å². The zero-order valence-corrected chi connectivity index (χ0v) is 17.3. The van der Waals surface area contributed by atoms with Gasteiger partial charge in [0, 0.05) is 12.1 Å². The minimum absolute atomic E-state index is 0.0192. The van der Waals surface area contributed by atoms with Crippen LogP contribution in [0.1, 0.15) is 55.3 Å². The fourth-order valence-corrected chi connectivity index (χ4v) is 4.39. The Labute approximate surface area is 177 Å². The number of rotatable bonds is 7. The van der Waals surface area contributed by atoms with Gasteiger partial charge in [-0.05, 0) is 69.0 Å². The van der Waals surface area contributed by atoms with Gasteiger partial charge in [0.1, 0.15) is 5.75 Å². The second-order valence-corrected chi connectivity index (χ2v) is 8.44. The third-order valence-corrected chi connectivity index (χ3v) is 6.42. The quantitative estimate of drug-likeness (QED) is 0.372. The molecular formula is C24H29N3O3. The van der Waals surface area contributed by atoms with E-state index in [-0.39, 0.29) is 17.7 Å². The molecule has 0 unspecified atom stereocenters. The van der Waals surface area contributed by atoms with Crippen LogP contribution in [0.5, 0.6) is 5.75 Å². The molecule has 1 saturated heterocycles. The number of hydrogen-bond donors (Lipinski definition) is 3. The number of amides is 1. The Balaban J connectivity index is 1.58. The van der Waals surface area contributed by atoms with E-state index < -0.39 is 5.41 Å². The van der Waals surface area contributed by atoms with Gasteiger partial charge in [0.25, 0.3) is 0 Å². The monoisotopic (exact) mass is 407 g/mol. The third kappa shape index (κ3) is 4.05. The van der Waals surface area contributed by atoms with Crippen molar-refractivity contribution in [3.05, 3.63) is 65.2 Å². The standard InChI is InChI=1S/C24H29N3O3/c1-17(26-30)20-15-19(9-10-22(20)28)24(11-12-24)23(29)25-21(16-27-13-5-6-14-27)18-7-3-2-4-8-18/h2-4,7-10,15,21,28,30H,5-6,11-14,16H2,1H3,(H,25,29)/b26-17-/t21-/m1/s1. The summed E-state index contributed by atoms with van der Waals surface area (Å²) in [6.07, 6.45) is 3.95. The van der Waals surface area contributed by atoms with Crippen LogP contribution in [0.25, 0.3) is 0 Å². The fraction of sp³-hybridized carbons (Fsp3) is 0.417. The zero-order chi connectivity index (χ0) is 21.1. The molecule has 30 heavy (non-hydrogen) atoms. The Bertz CT molecular complexity index is 932. The predicted molar refractivity (Wildman–Crippen MR) is 116 cm³/mol. The minimum atomic E-state index is -0.587. The number of carbonyl (C=O) groups is 1. The fourth-order valence-electron chi connectivity index (χ4n) is 4.39. The number of hydrogen-bond acceptors (Lipinski definition) is 5. The Morgan fingerprint density at radius 3 is 2.50 bits per heavy atom. The summed E-state index contributed by atoms with van der Waals surface area (Å²) in [6.45, 7) is 4.58. The molecule has 2 fully saturated rings. The number of benzene rings is 2. The molecule has 0 spiro atoms. The van der Waals surface area contributed by atoms with Crippen LogP contribution in [0.3, 0.4) is 0 Å². The average molecular weight is 408 g/mol. The van der Waals surface area contributed by atoms with Gasteiger partial charge in [-0.3, -0.25) is 4.79 Å². The third-order valence-electron chi connectivity index (χ3n) is 6.42. The molecule has 2 aromatic rings. The molecule has 4 rings (SSSR count). The largest absolute Gasteiger partial charge is 0.507 e. The molecule has 0 bridgehead atoms. The molecule has 0 aromatic heterocycles. The average Bonchev–Trinajstić information content (AvgIpc) is 3.43. The van der Waals surface area contributed by atoms with Crippen LogP contribution in [0, 0.1) is 0 Å². The highest BCUT2D eigenvalue weighted by Gasteiger charge is 2.52. The van der Waals surface area contributed by atoms with Crippen molar-refractivity contribution in [1.82, 2.24) is 10.2 Å². The van der Waals surface area contributed by atoms with Crippen LogP contribution in [0.4, 0.5) is 0 Å². The number of aromatic hydroxyl groups is 1. The zero-order valence-electron chi connectivity index (χ0n) is 17.3. The number of likely N-dealkylation sites (tertiary alicyclic amines) is 1. The maximum atomic E-state index is 13.4. The lowest BCUT2D eigenvalue weighted by Crippen LogP contribution is -2.42. The van der Waals surface area contributed by atoms with Gasteiger partial charge in [0.05, 0.1) is 17.2 Å². The highest BCUT2D eigenvalue weighted by atomic mass is 16.4. The topological polar surface area (TPSA) is 85.2 Å². The van der Waals surface area contributed by atoms with E-state index in [0.717, 1.165) is 43.6 Å². The van der Waals surface area contributed by atoms with Crippen molar-refractivity contribution in [2.24, 2.45) is 5.16 Å². The Kier molecular flexibility index (Phi) is 5.77. The molecule has 1 aliphatic carbocycles. The molecule has 6 nitrogen and oxygen atoms in total. The van der Waals surface area contributed by atoms with Crippen LogP contribution in [0.2, 0.25) is 0 Å². The van der Waals surface area contributed by atoms with Gasteiger partial charge >= 0.3 is 0 Å². The second-order valence-electron chi connectivity index (χ2n) is 8.44. The van der Waals surface area contributed by atoms with Gasteiger partial charge in [-0.25, -0.2) is 0 Å². The van der Waals surface area contributed by atoms with Gasteiger partial charge < -0.3 is 20.5 Å². The summed E-state index contributed by atoms with van der Waals surface area (Å²) in [7, 11) is 0. The van der Waals surface area contributed by atoms with Gasteiger partial charge in [0.15, 0.2) is 0 Å². The molecule has 1 atom stereocenters. The lowest BCUT2D eigenvalue weighted by atomic mass is 9.91. The lowest BCUT2D eigenvalue weighted by molar-refractivity contribution is -0.124. The maximum absolute atomic E-state index is 13.4. The summed E-state index contributed by atoms with van der Waals surface area (Å²) >= 11 is 0. The molecular weight excluding hydrogens is 378 g/mol. The highest BCUT2D eigenvalue weighted by Crippen LogP contribution is 2.49. The van der Waals surface area contributed by atoms with Crippen LogP contribution < -0.4 is 5.32 Å². The summed E-state index contributed by atoms with van der Waals surface area (Å²) in [6, 6.07) is 15.2. The van der Waals surface area contributed by atoms with Crippen LogP contribution in [0.15, 0.2) is 53.7 Å². The van der Waals surface area contributed by atoms with E-state index in [9.17, 15) is 9.90 Å². The number of phenolic OH excluding ortho intramolecular Hbond substituents is 1. The van der Waals surface area contributed by atoms with Gasteiger partial charge in [-0.1, -0.05) is 41.6 Å². The maximum Gasteiger partial charge on any atom is 0.231 e. The SMILES string of the molecule is C/C(=N/O)c1cc(C2(C(=O)N[C@H](CN3CCCC3)c3ccccc3)CC2)ccc1O. The van der Waals surface area contributed by atoms with Crippen LogP contribution >= 0.6 is 0 Å². The Morgan fingerprint density at radius 2 is 1.87 bits per heavy atom. The van der Waals surface area contributed by atoms with Crippen LogP contribution in [-0.2, 0) is 10.2 Å². The molecule has 1 heterocycles. The van der Waals surface area contributed by atoms with Crippen LogP contribution in [-0.4, -0.2) is 46.5 Å². The summed E-state index contributed by atoms with van der Waals surface area (Å²) in [5.74, 6) is 0.0623. The first kappa shape index (κ1) is 20.4. The van der Waals surface area contributed by atoms with Crippen molar-refractivity contribution in [2.75, 3.05) is 19.6 Å². The molecule has 3 N–H and O–H groups in total. The van der Waals surface area contributed by atoms with Crippen molar-refractivity contribution in [1.29, 1.82) is 0 Å². The normalized spacial score (nSPS) is 19.4. The number of nitrogens with zero attached hydrogens (tertiary/aromatic N) is 2. The van der Waals surface area contributed by atoms with Crippen molar-refractivity contribution in [3.8, 4) is 5.75 Å². The van der Waals surface area contributed by atoms with Gasteiger partial charge in [-0.15, -0.1) is 0 Å². The first-order valence-corrected chi connectivity index (χ1v) is 10.6. The molecule has 2 aliphatic rings. The molecule has 2 aromatic carbocycles. The first-order chi connectivity index (χ1) is 14.5. The number of phenols is 1. The van der Waals surface area contributed by atoms with E-state index >= 15 is 0 Å². The Morgan fingerprint density at radius 1 is 1.17 bits per heavy atom. The van der Waals surface area contributed by atoms with Crippen molar-refractivity contribution < 1.29 is 15.1 Å². The van der Waals surface area contributed by atoms with Gasteiger partial charge in [-0.2, -0.15) is 0 Å². The number of oxime groups is 1. The lowest BCUT2D eigenvalue weighted by Gasteiger charge is -2.27. The van der Waals surface area contributed by atoms with E-state index in [2.05, 4.69) is 27.5 Å². The molecule has 1 aliphatic heterocycles. The summed E-state index contributed by atoms with van der Waals surface area (Å²) < 4.78 is 0. The van der Waals surface area contributed by atoms with E-state index in [0.29, 0.717) is 11.3 Å². The molecule has 1 saturated carbocycles. The summed E-state index contributed by atoms with van der Waals surface area (Å²) in [5.41, 5.74) is 2.15. The number of nitrogens with one attached hydrogen (secondary N) is 1. The first-order valence-electron chi connectivity index (χ1n) is 10.6. The van der Waals surface area contributed by atoms with E-state index in [4.69, 9.17) is 5.21 Å². The highest BCUT2D eigenvalue weighted by molar-refractivity contribution is 6.01. The van der Waals surface area contributed by atoms with Gasteiger partial charge in [0.2, 0.25) is 5.91 Å². The molecule has 6 heteroatoms. The van der Waals surface area contributed by atoms with E-state index in [1.54, 1.807) is 25.1 Å². The van der Waals surface area contributed by atoms with Crippen molar-refractivity contribution in [2.45, 2.75) is 44.1 Å². The van der Waals surface area contributed by atoms with E-state index in [1.807, 2.05) is 18.2 Å². The summed E-state index contributed by atoms with van der Waals surface area (Å²) in [5, 5.41) is 25.7. The Hall–Kier alpha value is -2.86. The van der Waals surface area contributed by atoms with Crippen molar-refractivity contribution >= 4 is 11.6 Å². The second kappa shape index (κ2) is 8.48. The minimum Gasteiger partial charge on any atom is -0.507 e. The summed E-state index contributed by atoms with van der Waals surface area (Å²) in [4.78, 5) is 15.9. The molecule has 1 amide bonds. The molecule has 158 valence electrons. The van der Waals surface area contributed by atoms with Crippen molar-refractivity contribution in [3.63, 3.8) is 0 Å². The predicted octanol–water partition coefficient (Wildman–Crippen LogP) is 3.58.